The number of nitrogens with one attached hydrogen (secondary N) is 1. The van der Waals surface area contributed by atoms with Gasteiger partial charge >= 0.3 is 0 Å². The third-order valence-electron chi connectivity index (χ3n) is 4.39. The van der Waals surface area contributed by atoms with Crippen LogP contribution in [0.2, 0.25) is 0 Å². The fourth-order valence-corrected chi connectivity index (χ4v) is 3.00. The van der Waals surface area contributed by atoms with Crippen LogP contribution in [0.15, 0.2) is 12.1 Å². The molecule has 0 bridgehead atoms. The molecule has 2 rings (SSSR count). The predicted molar refractivity (Wildman–Crippen MR) is 76.1 cm³/mol. The highest BCUT2D eigenvalue weighted by Gasteiger charge is 2.45. The van der Waals surface area contributed by atoms with Crippen LogP contribution in [0.25, 0.3) is 0 Å². The van der Waals surface area contributed by atoms with Crippen molar-refractivity contribution in [1.82, 2.24) is 5.43 Å². The van der Waals surface area contributed by atoms with Gasteiger partial charge in [-0.2, -0.15) is 0 Å². The van der Waals surface area contributed by atoms with E-state index in [1.165, 1.54) is 17.5 Å². The summed E-state index contributed by atoms with van der Waals surface area (Å²) < 4.78 is 11.1. The van der Waals surface area contributed by atoms with Gasteiger partial charge in [0.1, 0.15) is 5.75 Å². The lowest BCUT2D eigenvalue weighted by molar-refractivity contribution is -0.1000. The third kappa shape index (κ3) is 2.36. The smallest absolute Gasteiger partial charge is 0.122 e. The lowest BCUT2D eigenvalue weighted by atomic mass is 9.71. The molecule has 1 fully saturated rings. The van der Waals surface area contributed by atoms with Crippen molar-refractivity contribution in [2.45, 2.75) is 44.8 Å². The zero-order valence-electron chi connectivity index (χ0n) is 12.2. The van der Waals surface area contributed by atoms with Crippen molar-refractivity contribution in [3.8, 4) is 5.75 Å². The standard InChI is InChI=1S/C15H24N2O2/c1-10-9-13(18-3)11(2)8-12(10)14(17-16)15(19-4)6-5-7-15/h8-9,14,17H,5-7,16H2,1-4H3. The molecule has 1 aliphatic rings. The second-order valence-corrected chi connectivity index (χ2v) is 5.40. The first-order chi connectivity index (χ1) is 9.07. The van der Waals surface area contributed by atoms with Gasteiger partial charge in [-0.05, 0) is 55.9 Å². The first-order valence-electron chi connectivity index (χ1n) is 6.74. The van der Waals surface area contributed by atoms with Crippen molar-refractivity contribution in [2.24, 2.45) is 5.84 Å². The van der Waals surface area contributed by atoms with Crippen molar-refractivity contribution in [3.05, 3.63) is 28.8 Å². The normalized spacial score (nSPS) is 18.8. The van der Waals surface area contributed by atoms with E-state index in [-0.39, 0.29) is 11.6 Å². The molecule has 4 heteroatoms. The van der Waals surface area contributed by atoms with Crippen molar-refractivity contribution >= 4 is 0 Å². The van der Waals surface area contributed by atoms with Crippen LogP contribution in [-0.2, 0) is 4.74 Å². The van der Waals surface area contributed by atoms with Crippen molar-refractivity contribution in [2.75, 3.05) is 14.2 Å². The molecule has 1 saturated carbocycles. The monoisotopic (exact) mass is 264 g/mol. The van der Waals surface area contributed by atoms with E-state index >= 15 is 0 Å². The van der Waals surface area contributed by atoms with E-state index in [9.17, 15) is 0 Å². The molecule has 0 aromatic heterocycles. The molecule has 19 heavy (non-hydrogen) atoms. The summed E-state index contributed by atoms with van der Waals surface area (Å²) in [5, 5.41) is 0. The minimum absolute atomic E-state index is 0.0239. The van der Waals surface area contributed by atoms with Crippen molar-refractivity contribution in [1.29, 1.82) is 0 Å². The molecule has 0 spiro atoms. The highest BCUT2D eigenvalue weighted by Crippen LogP contribution is 2.45. The molecule has 0 amide bonds. The Balaban J connectivity index is 2.41. The van der Waals surface area contributed by atoms with Gasteiger partial charge in [0.05, 0.1) is 18.8 Å². The maximum absolute atomic E-state index is 5.80. The number of rotatable bonds is 5. The van der Waals surface area contributed by atoms with Crippen LogP contribution in [0.3, 0.4) is 0 Å². The van der Waals surface area contributed by atoms with E-state index in [4.69, 9.17) is 15.3 Å². The van der Waals surface area contributed by atoms with E-state index in [0.717, 1.165) is 24.2 Å². The van der Waals surface area contributed by atoms with Crippen molar-refractivity contribution < 1.29 is 9.47 Å². The lowest BCUT2D eigenvalue weighted by Gasteiger charge is -2.46. The summed E-state index contributed by atoms with van der Waals surface area (Å²) in [6.07, 6.45) is 3.28. The minimum Gasteiger partial charge on any atom is -0.496 e. The third-order valence-corrected chi connectivity index (χ3v) is 4.39. The minimum atomic E-state index is -0.166. The van der Waals surface area contributed by atoms with Gasteiger partial charge < -0.3 is 9.47 Å². The number of nitrogens with two attached hydrogens (primary N) is 1. The largest absolute Gasteiger partial charge is 0.496 e. The van der Waals surface area contributed by atoms with Gasteiger partial charge in [0.15, 0.2) is 0 Å². The molecule has 1 aromatic rings. The Hall–Kier alpha value is -1.10. The molecule has 1 atom stereocenters. The number of aryl methyl sites for hydroxylation is 2. The highest BCUT2D eigenvalue weighted by molar-refractivity contribution is 5.44. The van der Waals surface area contributed by atoms with Crippen LogP contribution in [0, 0.1) is 13.8 Å². The topological polar surface area (TPSA) is 56.5 Å². The number of hydrogen-bond donors (Lipinski definition) is 2. The summed E-state index contributed by atoms with van der Waals surface area (Å²) in [4.78, 5) is 0. The molecular weight excluding hydrogens is 240 g/mol. The summed E-state index contributed by atoms with van der Waals surface area (Å²) >= 11 is 0. The van der Waals surface area contributed by atoms with Gasteiger partial charge in [0.2, 0.25) is 0 Å². The van der Waals surface area contributed by atoms with Gasteiger partial charge in [-0.15, -0.1) is 0 Å². The first kappa shape index (κ1) is 14.3. The predicted octanol–water partition coefficient (Wildman–Crippen LogP) is 2.39. The number of benzene rings is 1. The molecule has 0 heterocycles. The molecular formula is C15H24N2O2. The summed E-state index contributed by atoms with van der Waals surface area (Å²) in [5.74, 6) is 6.72. The summed E-state index contributed by atoms with van der Waals surface area (Å²) in [6.45, 7) is 4.14. The zero-order chi connectivity index (χ0) is 14.0. The molecule has 3 N–H and O–H groups in total. The van der Waals surface area contributed by atoms with Crippen LogP contribution >= 0.6 is 0 Å². The molecule has 1 aromatic carbocycles. The second-order valence-electron chi connectivity index (χ2n) is 5.40. The molecule has 106 valence electrons. The Morgan fingerprint density at radius 1 is 1.21 bits per heavy atom. The van der Waals surface area contributed by atoms with Crippen LogP contribution in [0.5, 0.6) is 5.75 Å². The fourth-order valence-electron chi connectivity index (χ4n) is 3.00. The van der Waals surface area contributed by atoms with Gasteiger partial charge in [-0.1, -0.05) is 6.07 Å². The molecule has 1 aliphatic carbocycles. The number of methoxy groups -OCH3 is 2. The van der Waals surface area contributed by atoms with Crippen LogP contribution in [-0.4, -0.2) is 19.8 Å². The molecule has 0 radical (unpaired) electrons. The maximum atomic E-state index is 5.80. The Bertz CT molecular complexity index is 450. The Kier molecular flexibility index (Phi) is 4.13. The lowest BCUT2D eigenvalue weighted by Crippen LogP contribution is -2.52. The molecule has 0 aliphatic heterocycles. The van der Waals surface area contributed by atoms with Crippen LogP contribution in [0.4, 0.5) is 0 Å². The maximum Gasteiger partial charge on any atom is 0.122 e. The van der Waals surface area contributed by atoms with Crippen molar-refractivity contribution in [3.63, 3.8) is 0 Å². The fraction of sp³-hybridized carbons (Fsp3) is 0.600. The molecule has 1 unspecified atom stereocenters. The van der Waals surface area contributed by atoms with E-state index < -0.39 is 0 Å². The summed E-state index contributed by atoms with van der Waals surface area (Å²) in [7, 11) is 3.47. The van der Waals surface area contributed by atoms with E-state index in [1.807, 2.05) is 0 Å². The number of hydrazine groups is 1. The van der Waals surface area contributed by atoms with E-state index in [1.54, 1.807) is 14.2 Å². The molecule has 0 saturated heterocycles. The Morgan fingerprint density at radius 3 is 2.32 bits per heavy atom. The number of hydrogen-bond acceptors (Lipinski definition) is 4. The zero-order valence-corrected chi connectivity index (χ0v) is 12.2. The summed E-state index contributed by atoms with van der Waals surface area (Å²) in [5.41, 5.74) is 6.28. The van der Waals surface area contributed by atoms with E-state index in [0.29, 0.717) is 0 Å². The second kappa shape index (κ2) is 5.49. The summed E-state index contributed by atoms with van der Waals surface area (Å²) in [6, 6.07) is 4.24. The average Bonchev–Trinajstić information content (AvgIpc) is 2.36. The first-order valence-corrected chi connectivity index (χ1v) is 6.74. The Morgan fingerprint density at radius 2 is 1.89 bits per heavy atom. The van der Waals surface area contributed by atoms with Crippen LogP contribution in [0.1, 0.15) is 42.0 Å². The van der Waals surface area contributed by atoms with Gasteiger partial charge in [0, 0.05) is 7.11 Å². The van der Waals surface area contributed by atoms with E-state index in [2.05, 4.69) is 31.4 Å². The van der Waals surface area contributed by atoms with Gasteiger partial charge in [-0.25, -0.2) is 0 Å². The van der Waals surface area contributed by atoms with Crippen LogP contribution < -0.4 is 16.0 Å². The molecule has 4 nitrogen and oxygen atoms in total. The Labute approximate surface area is 115 Å². The van der Waals surface area contributed by atoms with Gasteiger partial charge in [-0.3, -0.25) is 11.3 Å². The van der Waals surface area contributed by atoms with Gasteiger partial charge in [0.25, 0.3) is 0 Å². The quantitative estimate of drug-likeness (QED) is 0.633. The SMILES string of the molecule is COc1cc(C)c(C(NN)C2(OC)CCC2)cc1C. The number of ether oxygens (including phenoxy) is 2. The average molecular weight is 264 g/mol. The highest BCUT2D eigenvalue weighted by atomic mass is 16.5.